The summed E-state index contributed by atoms with van der Waals surface area (Å²) < 4.78 is 37.5. The van der Waals surface area contributed by atoms with Crippen molar-refractivity contribution in [2.24, 2.45) is 0 Å². The number of thiophene rings is 1. The minimum Gasteiger partial charge on any atom is -0.422 e. The molecule has 0 radical (unpaired) electrons. The van der Waals surface area contributed by atoms with Crippen LogP contribution in [-0.2, 0) is 14.8 Å². The number of morpholine rings is 1. The van der Waals surface area contributed by atoms with E-state index in [4.69, 9.17) is 9.15 Å². The Bertz CT molecular complexity index is 1240. The molecule has 8 nitrogen and oxygen atoms in total. The Kier molecular flexibility index (Phi) is 5.26. The molecule has 1 fully saturated rings. The molecule has 29 heavy (non-hydrogen) atoms. The zero-order chi connectivity index (χ0) is 20.6. The first-order chi connectivity index (χ1) is 13.9. The van der Waals surface area contributed by atoms with Gasteiger partial charge in [0, 0.05) is 23.4 Å². The van der Waals surface area contributed by atoms with E-state index in [1.165, 1.54) is 16.4 Å². The van der Waals surface area contributed by atoms with Crippen molar-refractivity contribution in [3.05, 3.63) is 57.3 Å². The van der Waals surface area contributed by atoms with Gasteiger partial charge in [0.15, 0.2) is 0 Å². The molecule has 0 aliphatic carbocycles. The summed E-state index contributed by atoms with van der Waals surface area (Å²) >= 11 is 1.07. The largest absolute Gasteiger partial charge is 0.422 e. The molecule has 2 aromatic heterocycles. The highest BCUT2D eigenvalue weighted by atomic mass is 32.2. The van der Waals surface area contributed by atoms with E-state index in [0.29, 0.717) is 47.8 Å². The van der Waals surface area contributed by atoms with E-state index in [2.05, 4.69) is 5.32 Å². The van der Waals surface area contributed by atoms with Crippen LogP contribution in [0.3, 0.4) is 0 Å². The molecule has 152 valence electrons. The minimum absolute atomic E-state index is 0.137. The van der Waals surface area contributed by atoms with Crippen molar-refractivity contribution in [1.29, 1.82) is 0 Å². The lowest BCUT2D eigenvalue weighted by Crippen LogP contribution is -2.40. The van der Waals surface area contributed by atoms with Crippen LogP contribution in [-0.4, -0.2) is 44.9 Å². The number of aryl methyl sites for hydroxylation is 1. The number of rotatable bonds is 4. The molecule has 0 atom stereocenters. The molecule has 0 bridgehead atoms. The predicted molar refractivity (Wildman–Crippen MR) is 109 cm³/mol. The Morgan fingerprint density at radius 1 is 1.17 bits per heavy atom. The number of carbonyl (C=O) groups is 1. The molecular formula is C19H18N2O6S2. The third-order valence-electron chi connectivity index (χ3n) is 4.59. The Labute approximate surface area is 170 Å². The van der Waals surface area contributed by atoms with E-state index in [9.17, 15) is 18.0 Å². The van der Waals surface area contributed by atoms with Gasteiger partial charge in [-0.25, -0.2) is 13.2 Å². The molecule has 0 spiro atoms. The molecule has 3 heterocycles. The molecule has 1 aliphatic rings. The second-order valence-electron chi connectivity index (χ2n) is 6.49. The second-order valence-corrected chi connectivity index (χ2v) is 9.91. The topological polar surface area (TPSA) is 106 Å². The number of anilines is 1. The minimum atomic E-state index is -3.66. The number of hydrogen-bond acceptors (Lipinski definition) is 7. The lowest BCUT2D eigenvalue weighted by molar-refractivity contribution is 0.0731. The zero-order valence-electron chi connectivity index (χ0n) is 15.5. The summed E-state index contributed by atoms with van der Waals surface area (Å²) in [5, 5.41) is 3.25. The van der Waals surface area contributed by atoms with E-state index < -0.39 is 21.6 Å². The first-order valence-electron chi connectivity index (χ1n) is 8.89. The summed E-state index contributed by atoms with van der Waals surface area (Å²) in [6, 6.07) is 9.77. The average Bonchev–Trinajstić information content (AvgIpc) is 3.09. The fourth-order valence-corrected chi connectivity index (χ4v) is 5.99. The molecule has 0 unspecified atom stereocenters. The Hall–Kier alpha value is -2.53. The van der Waals surface area contributed by atoms with Crippen LogP contribution in [0.15, 0.2) is 49.8 Å². The van der Waals surface area contributed by atoms with Gasteiger partial charge in [-0.1, -0.05) is 18.2 Å². The molecule has 1 N–H and O–H groups in total. The normalized spacial score (nSPS) is 15.5. The molecule has 1 aliphatic heterocycles. The highest BCUT2D eigenvalue weighted by molar-refractivity contribution is 7.91. The van der Waals surface area contributed by atoms with E-state index in [0.717, 1.165) is 11.3 Å². The van der Waals surface area contributed by atoms with Crippen molar-refractivity contribution < 1.29 is 22.4 Å². The van der Waals surface area contributed by atoms with Gasteiger partial charge < -0.3 is 14.5 Å². The van der Waals surface area contributed by atoms with E-state index in [1.54, 1.807) is 31.2 Å². The highest BCUT2D eigenvalue weighted by Crippen LogP contribution is 2.32. The summed E-state index contributed by atoms with van der Waals surface area (Å²) in [5.74, 6) is -0.652. The van der Waals surface area contributed by atoms with Crippen molar-refractivity contribution in [3.8, 4) is 0 Å². The van der Waals surface area contributed by atoms with Crippen LogP contribution in [0.5, 0.6) is 0 Å². The number of para-hydroxylation sites is 1. The lowest BCUT2D eigenvalue weighted by atomic mass is 10.2. The number of sulfonamides is 1. The first-order valence-corrected chi connectivity index (χ1v) is 11.1. The maximum absolute atomic E-state index is 12.8. The predicted octanol–water partition coefficient (Wildman–Crippen LogP) is 2.44. The van der Waals surface area contributed by atoms with Crippen LogP contribution in [0.2, 0.25) is 0 Å². The van der Waals surface area contributed by atoms with Crippen LogP contribution < -0.4 is 10.9 Å². The van der Waals surface area contributed by atoms with Gasteiger partial charge in [-0.2, -0.15) is 4.31 Å². The number of carbonyl (C=O) groups excluding carboxylic acids is 1. The number of ether oxygens (including phenoxy) is 1. The number of amides is 1. The smallest absolute Gasteiger partial charge is 0.349 e. The number of nitrogens with zero attached hydrogens (tertiary/aromatic N) is 1. The van der Waals surface area contributed by atoms with Gasteiger partial charge in [0.1, 0.15) is 15.4 Å². The lowest BCUT2D eigenvalue weighted by Gasteiger charge is -2.25. The Morgan fingerprint density at radius 3 is 2.66 bits per heavy atom. The molecular weight excluding hydrogens is 416 g/mol. The average molecular weight is 434 g/mol. The first kappa shape index (κ1) is 19.8. The molecule has 1 aromatic carbocycles. The monoisotopic (exact) mass is 434 g/mol. The summed E-state index contributed by atoms with van der Waals surface area (Å²) in [5.41, 5.74) is -0.166. The number of nitrogens with one attached hydrogen (secondary N) is 1. The Morgan fingerprint density at radius 2 is 1.90 bits per heavy atom. The van der Waals surface area contributed by atoms with Gasteiger partial charge in [-0.3, -0.25) is 4.79 Å². The maximum atomic E-state index is 12.8. The van der Waals surface area contributed by atoms with Crippen LogP contribution in [0, 0.1) is 6.92 Å². The van der Waals surface area contributed by atoms with Crippen molar-refractivity contribution in [2.75, 3.05) is 31.6 Å². The molecule has 1 amide bonds. The fraction of sp³-hybridized carbons (Fsp3) is 0.263. The van der Waals surface area contributed by atoms with Gasteiger partial charge >= 0.3 is 5.63 Å². The molecule has 0 saturated carbocycles. The standard InChI is InChI=1S/C19H18N2O6S2/c1-12-15(11-17(28-12)29(24,25)21-6-8-26-9-7-21)20-18(22)14-10-13-4-2-3-5-16(13)27-19(14)23/h2-5,10-11H,6-9H2,1H3,(H,20,22). The fourth-order valence-electron chi connectivity index (χ4n) is 3.03. The van der Waals surface area contributed by atoms with Crippen molar-refractivity contribution >= 4 is 43.9 Å². The summed E-state index contributed by atoms with van der Waals surface area (Å²) in [4.78, 5) is 25.5. The van der Waals surface area contributed by atoms with Crippen molar-refractivity contribution in [1.82, 2.24) is 4.31 Å². The number of hydrogen-bond donors (Lipinski definition) is 1. The SMILES string of the molecule is Cc1sc(S(=O)(=O)N2CCOCC2)cc1NC(=O)c1cc2ccccc2oc1=O. The number of benzene rings is 1. The highest BCUT2D eigenvalue weighted by Gasteiger charge is 2.29. The molecule has 3 aromatic rings. The van der Waals surface area contributed by atoms with Crippen molar-refractivity contribution in [2.45, 2.75) is 11.1 Å². The quantitative estimate of drug-likeness (QED) is 0.632. The maximum Gasteiger partial charge on any atom is 0.349 e. The van der Waals surface area contributed by atoms with Gasteiger partial charge in [-0.15, -0.1) is 11.3 Å². The summed E-state index contributed by atoms with van der Waals surface area (Å²) in [6.45, 7) is 3.00. The molecule has 1 saturated heterocycles. The Balaban J connectivity index is 1.61. The van der Waals surface area contributed by atoms with Crippen LogP contribution in [0.25, 0.3) is 11.0 Å². The molecule has 4 rings (SSSR count). The van der Waals surface area contributed by atoms with E-state index in [1.807, 2.05) is 0 Å². The second kappa shape index (κ2) is 7.71. The van der Waals surface area contributed by atoms with Gasteiger partial charge in [-0.05, 0) is 25.1 Å². The summed E-state index contributed by atoms with van der Waals surface area (Å²) in [7, 11) is -3.66. The van der Waals surface area contributed by atoms with Crippen molar-refractivity contribution in [3.63, 3.8) is 0 Å². The van der Waals surface area contributed by atoms with Crippen LogP contribution in [0.1, 0.15) is 15.2 Å². The number of fused-ring (bicyclic) bond motifs is 1. The van der Waals surface area contributed by atoms with E-state index >= 15 is 0 Å². The summed E-state index contributed by atoms with van der Waals surface area (Å²) in [6.07, 6.45) is 0. The zero-order valence-corrected chi connectivity index (χ0v) is 17.1. The third kappa shape index (κ3) is 3.84. The molecule has 10 heteroatoms. The van der Waals surface area contributed by atoms with Gasteiger partial charge in [0.2, 0.25) is 0 Å². The van der Waals surface area contributed by atoms with E-state index in [-0.39, 0.29) is 9.77 Å². The third-order valence-corrected chi connectivity index (χ3v) is 7.99. The van der Waals surface area contributed by atoms with Crippen LogP contribution >= 0.6 is 11.3 Å². The van der Waals surface area contributed by atoms with Crippen LogP contribution in [0.4, 0.5) is 5.69 Å². The van der Waals surface area contributed by atoms with Gasteiger partial charge in [0.05, 0.1) is 18.9 Å². The van der Waals surface area contributed by atoms with Gasteiger partial charge in [0.25, 0.3) is 15.9 Å².